The third-order valence-electron chi connectivity index (χ3n) is 4.98. The van der Waals surface area contributed by atoms with Crippen molar-refractivity contribution in [3.05, 3.63) is 87.7 Å². The van der Waals surface area contributed by atoms with Gasteiger partial charge in [-0.3, -0.25) is 29.9 Å². The molecule has 0 aliphatic carbocycles. The molecule has 8 nitrogen and oxygen atoms in total. The van der Waals surface area contributed by atoms with Crippen molar-refractivity contribution in [1.82, 2.24) is 5.32 Å². The summed E-state index contributed by atoms with van der Waals surface area (Å²) >= 11 is 5.21. The Bertz CT molecular complexity index is 1260. The molecule has 1 aliphatic heterocycles. The first-order valence-electron chi connectivity index (χ1n) is 9.72. The third kappa shape index (κ3) is 4.06. The fourth-order valence-corrected chi connectivity index (χ4v) is 3.53. The lowest BCUT2D eigenvalue weighted by molar-refractivity contribution is -0.384. The lowest BCUT2D eigenvalue weighted by Crippen LogP contribution is -2.54. The fourth-order valence-electron chi connectivity index (χ4n) is 3.25. The van der Waals surface area contributed by atoms with Crippen LogP contribution < -0.4 is 10.2 Å². The smallest absolute Gasteiger partial charge is 0.270 e. The van der Waals surface area contributed by atoms with Crippen LogP contribution in [0.3, 0.4) is 0 Å². The van der Waals surface area contributed by atoms with Crippen LogP contribution in [0, 0.1) is 10.1 Å². The minimum Gasteiger partial charge on any atom is -0.457 e. The van der Waals surface area contributed by atoms with Crippen LogP contribution in [0.1, 0.15) is 18.2 Å². The first-order chi connectivity index (χ1) is 15.4. The summed E-state index contributed by atoms with van der Waals surface area (Å²) in [4.78, 5) is 37.1. The molecule has 0 radical (unpaired) electrons. The summed E-state index contributed by atoms with van der Waals surface area (Å²) in [5.41, 5.74) is 2.13. The summed E-state index contributed by atoms with van der Waals surface area (Å²) < 4.78 is 5.74. The molecule has 0 bridgehead atoms. The fraction of sp³-hybridized carbons (Fsp3) is 0.0870. The van der Waals surface area contributed by atoms with Gasteiger partial charge in [0.2, 0.25) is 0 Å². The van der Waals surface area contributed by atoms with Crippen molar-refractivity contribution in [3.63, 3.8) is 0 Å². The van der Waals surface area contributed by atoms with Crippen LogP contribution in [0.2, 0.25) is 0 Å². The SMILES string of the molecule is CCc1ccc(N2C(=O)C(=Cc3ccc(-c4ccc([N+](=O)[O-])cc4)o3)C(=O)NC2=S)cc1. The van der Waals surface area contributed by atoms with E-state index in [0.29, 0.717) is 17.0 Å². The van der Waals surface area contributed by atoms with E-state index in [2.05, 4.69) is 5.32 Å². The zero-order valence-electron chi connectivity index (χ0n) is 16.9. The Kier molecular flexibility index (Phi) is 5.65. The Balaban J connectivity index is 1.62. The molecule has 4 rings (SSSR count). The standard InChI is InChI=1S/C23H17N3O5S/c1-2-14-3-7-16(8-4-14)25-22(28)19(21(27)24-23(25)32)13-18-11-12-20(31-18)15-5-9-17(10-6-15)26(29)30/h3-13H,2H2,1H3,(H,24,27,32). The molecule has 0 saturated carbocycles. The van der Waals surface area contributed by atoms with E-state index in [9.17, 15) is 19.7 Å². The molecule has 32 heavy (non-hydrogen) atoms. The normalized spacial score (nSPS) is 15.2. The van der Waals surface area contributed by atoms with Gasteiger partial charge in [0, 0.05) is 17.7 Å². The van der Waals surface area contributed by atoms with E-state index in [-0.39, 0.29) is 22.1 Å². The van der Waals surface area contributed by atoms with Gasteiger partial charge >= 0.3 is 0 Å². The van der Waals surface area contributed by atoms with Gasteiger partial charge in [-0.25, -0.2) is 0 Å². The molecule has 0 unspecified atom stereocenters. The minimum absolute atomic E-state index is 0.00686. The summed E-state index contributed by atoms with van der Waals surface area (Å²) in [6.45, 7) is 2.03. The van der Waals surface area contributed by atoms with Gasteiger partial charge in [0.1, 0.15) is 17.1 Å². The second-order valence-electron chi connectivity index (χ2n) is 6.98. The number of hydrogen-bond donors (Lipinski definition) is 1. The highest BCUT2D eigenvalue weighted by Crippen LogP contribution is 2.27. The van der Waals surface area contributed by atoms with Crippen molar-refractivity contribution in [1.29, 1.82) is 0 Å². The van der Waals surface area contributed by atoms with Crippen LogP contribution in [0.15, 0.2) is 70.7 Å². The van der Waals surface area contributed by atoms with E-state index >= 15 is 0 Å². The molecule has 2 aromatic carbocycles. The molecular weight excluding hydrogens is 430 g/mol. The summed E-state index contributed by atoms with van der Waals surface area (Å²) in [5.74, 6) is -0.449. The van der Waals surface area contributed by atoms with Gasteiger partial charge in [-0.05, 0) is 66.7 Å². The molecule has 9 heteroatoms. The predicted octanol–water partition coefficient (Wildman–Crippen LogP) is 4.25. The monoisotopic (exact) mass is 447 g/mol. The van der Waals surface area contributed by atoms with Gasteiger partial charge < -0.3 is 4.42 Å². The zero-order valence-corrected chi connectivity index (χ0v) is 17.7. The second kappa shape index (κ2) is 8.56. The molecule has 1 N–H and O–H groups in total. The average molecular weight is 447 g/mol. The number of aryl methyl sites for hydroxylation is 1. The maximum absolute atomic E-state index is 13.1. The van der Waals surface area contributed by atoms with Crippen molar-refractivity contribution >= 4 is 46.6 Å². The average Bonchev–Trinajstić information content (AvgIpc) is 3.26. The first-order valence-corrected chi connectivity index (χ1v) is 10.1. The van der Waals surface area contributed by atoms with Crippen molar-refractivity contribution in [2.75, 3.05) is 4.90 Å². The van der Waals surface area contributed by atoms with Crippen molar-refractivity contribution in [3.8, 4) is 11.3 Å². The van der Waals surface area contributed by atoms with Gasteiger partial charge in [0.05, 0.1) is 10.6 Å². The van der Waals surface area contributed by atoms with Crippen LogP contribution in [-0.2, 0) is 16.0 Å². The number of hydrogen-bond acceptors (Lipinski definition) is 6. The highest BCUT2D eigenvalue weighted by molar-refractivity contribution is 7.80. The number of rotatable bonds is 5. The Labute approximate surface area is 188 Å². The predicted molar refractivity (Wildman–Crippen MR) is 123 cm³/mol. The van der Waals surface area contributed by atoms with Crippen LogP contribution in [0.4, 0.5) is 11.4 Å². The summed E-state index contributed by atoms with van der Waals surface area (Å²) in [5, 5.41) is 13.4. The van der Waals surface area contributed by atoms with Gasteiger partial charge in [0.15, 0.2) is 5.11 Å². The Morgan fingerprint density at radius 2 is 1.75 bits per heavy atom. The molecule has 1 aromatic heterocycles. The van der Waals surface area contributed by atoms with Crippen molar-refractivity contribution < 1.29 is 18.9 Å². The Morgan fingerprint density at radius 3 is 2.38 bits per heavy atom. The van der Waals surface area contributed by atoms with Gasteiger partial charge in [-0.1, -0.05) is 19.1 Å². The number of nitro groups is 1. The van der Waals surface area contributed by atoms with E-state index in [1.165, 1.54) is 23.1 Å². The van der Waals surface area contributed by atoms with Gasteiger partial charge in [-0.2, -0.15) is 0 Å². The topological polar surface area (TPSA) is 106 Å². The number of carbonyl (C=O) groups excluding carboxylic acids is 2. The maximum Gasteiger partial charge on any atom is 0.270 e. The number of nitrogens with zero attached hydrogens (tertiary/aromatic N) is 2. The van der Waals surface area contributed by atoms with Crippen LogP contribution in [-0.4, -0.2) is 21.9 Å². The number of thiocarbonyl (C=S) groups is 1. The lowest BCUT2D eigenvalue weighted by atomic mass is 10.1. The third-order valence-corrected chi connectivity index (χ3v) is 5.27. The lowest BCUT2D eigenvalue weighted by Gasteiger charge is -2.28. The van der Waals surface area contributed by atoms with E-state index in [0.717, 1.165) is 12.0 Å². The van der Waals surface area contributed by atoms with Crippen molar-refractivity contribution in [2.45, 2.75) is 13.3 Å². The Morgan fingerprint density at radius 1 is 1.06 bits per heavy atom. The quantitative estimate of drug-likeness (QED) is 0.206. The number of nitro benzene ring substituents is 1. The highest BCUT2D eigenvalue weighted by Gasteiger charge is 2.34. The number of nitrogens with one attached hydrogen (secondary N) is 1. The van der Waals surface area contributed by atoms with Crippen molar-refractivity contribution in [2.24, 2.45) is 0 Å². The largest absolute Gasteiger partial charge is 0.457 e. The van der Waals surface area contributed by atoms with E-state index in [1.807, 2.05) is 19.1 Å². The maximum atomic E-state index is 13.1. The number of amides is 2. The number of benzene rings is 2. The Hall–Kier alpha value is -4.11. The molecule has 1 saturated heterocycles. The number of non-ortho nitro benzene ring substituents is 1. The molecule has 1 aliphatic rings. The zero-order chi connectivity index (χ0) is 22.8. The summed E-state index contributed by atoms with van der Waals surface area (Å²) in [6, 6.07) is 16.5. The van der Waals surface area contributed by atoms with Crippen LogP contribution >= 0.6 is 12.2 Å². The molecule has 2 amide bonds. The highest BCUT2D eigenvalue weighted by atomic mass is 32.1. The van der Waals surface area contributed by atoms with Crippen LogP contribution in [0.25, 0.3) is 17.4 Å². The minimum atomic E-state index is -0.616. The second-order valence-corrected chi connectivity index (χ2v) is 7.37. The van der Waals surface area contributed by atoms with E-state index in [4.69, 9.17) is 16.6 Å². The molecule has 3 aromatic rings. The molecule has 0 spiro atoms. The van der Waals surface area contributed by atoms with E-state index < -0.39 is 16.7 Å². The van der Waals surface area contributed by atoms with Crippen LogP contribution in [0.5, 0.6) is 0 Å². The molecular formula is C23H17N3O5S. The van der Waals surface area contributed by atoms with E-state index in [1.54, 1.807) is 36.4 Å². The van der Waals surface area contributed by atoms with Gasteiger partial charge in [0.25, 0.3) is 17.5 Å². The van der Waals surface area contributed by atoms with Gasteiger partial charge in [-0.15, -0.1) is 0 Å². The molecule has 2 heterocycles. The first kappa shape index (κ1) is 21.1. The summed E-state index contributed by atoms with van der Waals surface area (Å²) in [7, 11) is 0. The molecule has 1 fully saturated rings. The number of furan rings is 1. The number of anilines is 1. The number of carbonyl (C=O) groups is 2. The summed E-state index contributed by atoms with van der Waals surface area (Å²) in [6.07, 6.45) is 2.21. The molecule has 0 atom stereocenters. The molecule has 160 valence electrons.